The van der Waals surface area contributed by atoms with E-state index in [1.54, 1.807) is 7.05 Å². The molecule has 0 spiro atoms. The van der Waals surface area contributed by atoms with Crippen molar-refractivity contribution in [3.8, 4) is 5.75 Å². The van der Waals surface area contributed by atoms with Gasteiger partial charge in [-0.3, -0.25) is 9.67 Å². The second-order valence-corrected chi connectivity index (χ2v) is 7.87. The highest BCUT2D eigenvalue weighted by Crippen LogP contribution is 2.16. The fraction of sp³-hybridized carbons (Fsp3) is 0.360. The van der Waals surface area contributed by atoms with Gasteiger partial charge in [-0.25, -0.2) is 0 Å². The molecule has 2 N–H and O–H groups in total. The molecule has 0 saturated carbocycles. The Hall–Kier alpha value is -2.55. The molecule has 1 aromatic heterocycles. The number of nitrogens with one attached hydrogen (secondary N) is 2. The Balaban J connectivity index is 0.00000363. The van der Waals surface area contributed by atoms with E-state index >= 15 is 0 Å². The van der Waals surface area contributed by atoms with Gasteiger partial charge in [0.2, 0.25) is 0 Å². The normalized spacial score (nSPS) is 12.1. The second-order valence-electron chi connectivity index (χ2n) is 7.87. The number of aliphatic imine (C=N–C) groups is 1. The molecule has 32 heavy (non-hydrogen) atoms. The number of hydrogen-bond acceptors (Lipinski definition) is 3. The molecule has 7 heteroatoms. The molecule has 3 rings (SSSR count). The summed E-state index contributed by atoms with van der Waals surface area (Å²) in [4.78, 5) is 4.38. The molecule has 0 aliphatic carbocycles. The molecule has 172 valence electrons. The van der Waals surface area contributed by atoms with Crippen molar-refractivity contribution in [2.75, 3.05) is 7.05 Å². The third-order valence-electron chi connectivity index (χ3n) is 5.38. The SMILES string of the molecule is CN=C(NCc1cccc(OCc2ccccc2)c1)NC(C)Cc1c(C)nn(C)c1C.I. The van der Waals surface area contributed by atoms with E-state index in [2.05, 4.69) is 65.8 Å². The van der Waals surface area contributed by atoms with Crippen molar-refractivity contribution < 1.29 is 4.74 Å². The lowest BCUT2D eigenvalue weighted by molar-refractivity contribution is 0.306. The lowest BCUT2D eigenvalue weighted by Crippen LogP contribution is -2.42. The smallest absolute Gasteiger partial charge is 0.191 e. The Morgan fingerprint density at radius 1 is 1.09 bits per heavy atom. The van der Waals surface area contributed by atoms with Crippen LogP contribution in [0.3, 0.4) is 0 Å². The number of benzene rings is 2. The maximum atomic E-state index is 5.94. The van der Waals surface area contributed by atoms with E-state index < -0.39 is 0 Å². The van der Waals surface area contributed by atoms with Crippen molar-refractivity contribution in [3.05, 3.63) is 82.7 Å². The van der Waals surface area contributed by atoms with Gasteiger partial charge in [0.1, 0.15) is 12.4 Å². The molecule has 1 heterocycles. The van der Waals surface area contributed by atoms with Crippen LogP contribution in [-0.2, 0) is 26.6 Å². The van der Waals surface area contributed by atoms with E-state index in [0.29, 0.717) is 13.2 Å². The largest absolute Gasteiger partial charge is 0.489 e. The second kappa shape index (κ2) is 12.5. The number of rotatable bonds is 8. The third-order valence-corrected chi connectivity index (χ3v) is 5.38. The molecule has 0 aliphatic heterocycles. The average molecular weight is 547 g/mol. The molecule has 1 unspecified atom stereocenters. The van der Waals surface area contributed by atoms with Crippen molar-refractivity contribution in [1.29, 1.82) is 0 Å². The van der Waals surface area contributed by atoms with Crippen molar-refractivity contribution in [3.63, 3.8) is 0 Å². The van der Waals surface area contributed by atoms with Crippen LogP contribution in [0.25, 0.3) is 0 Å². The molecule has 0 saturated heterocycles. The van der Waals surface area contributed by atoms with E-state index in [9.17, 15) is 0 Å². The predicted molar refractivity (Wildman–Crippen MR) is 142 cm³/mol. The van der Waals surface area contributed by atoms with E-state index in [1.807, 2.05) is 42.1 Å². The highest BCUT2D eigenvalue weighted by molar-refractivity contribution is 14.0. The molecule has 0 aliphatic rings. The van der Waals surface area contributed by atoms with Crippen LogP contribution in [0.5, 0.6) is 5.75 Å². The van der Waals surface area contributed by atoms with Gasteiger partial charge < -0.3 is 15.4 Å². The Bertz CT molecular complexity index is 1020. The number of halogens is 1. The van der Waals surface area contributed by atoms with Crippen LogP contribution in [0.2, 0.25) is 0 Å². The number of nitrogens with zero attached hydrogens (tertiary/aromatic N) is 3. The number of guanidine groups is 1. The van der Waals surface area contributed by atoms with Crippen LogP contribution in [0, 0.1) is 13.8 Å². The van der Waals surface area contributed by atoms with Gasteiger partial charge in [0.05, 0.1) is 5.69 Å². The van der Waals surface area contributed by atoms with Crippen molar-refractivity contribution in [1.82, 2.24) is 20.4 Å². The molecule has 0 bridgehead atoms. The highest BCUT2D eigenvalue weighted by atomic mass is 127. The minimum absolute atomic E-state index is 0. The van der Waals surface area contributed by atoms with Gasteiger partial charge in [-0.05, 0) is 56.0 Å². The van der Waals surface area contributed by atoms with Gasteiger partial charge in [0.25, 0.3) is 0 Å². The van der Waals surface area contributed by atoms with Crippen LogP contribution in [0.15, 0.2) is 59.6 Å². The number of hydrogen-bond donors (Lipinski definition) is 2. The fourth-order valence-corrected chi connectivity index (χ4v) is 3.57. The average Bonchev–Trinajstić information content (AvgIpc) is 3.02. The summed E-state index contributed by atoms with van der Waals surface area (Å²) in [5.74, 6) is 1.64. The monoisotopic (exact) mass is 547 g/mol. The minimum Gasteiger partial charge on any atom is -0.489 e. The molecule has 3 aromatic rings. The van der Waals surface area contributed by atoms with Gasteiger partial charge in [0.15, 0.2) is 5.96 Å². The summed E-state index contributed by atoms with van der Waals surface area (Å²) in [6.07, 6.45) is 0.898. The summed E-state index contributed by atoms with van der Waals surface area (Å²) in [6, 6.07) is 18.6. The van der Waals surface area contributed by atoms with Crippen LogP contribution < -0.4 is 15.4 Å². The molecule has 0 fully saturated rings. The summed E-state index contributed by atoms with van der Waals surface area (Å²) in [7, 11) is 3.78. The van der Waals surface area contributed by atoms with Gasteiger partial charge in [-0.2, -0.15) is 5.10 Å². The zero-order valence-electron chi connectivity index (χ0n) is 19.6. The minimum atomic E-state index is 0. The Kier molecular flexibility index (Phi) is 10.0. The summed E-state index contributed by atoms with van der Waals surface area (Å²) in [6.45, 7) is 7.57. The topological polar surface area (TPSA) is 63.5 Å². The first-order valence-corrected chi connectivity index (χ1v) is 10.7. The quantitative estimate of drug-likeness (QED) is 0.247. The van der Waals surface area contributed by atoms with E-state index in [-0.39, 0.29) is 30.0 Å². The molecule has 1 atom stereocenters. The van der Waals surface area contributed by atoms with E-state index in [1.165, 1.54) is 11.3 Å². The van der Waals surface area contributed by atoms with Gasteiger partial charge >= 0.3 is 0 Å². The highest BCUT2D eigenvalue weighted by Gasteiger charge is 2.14. The first-order valence-electron chi connectivity index (χ1n) is 10.7. The Morgan fingerprint density at radius 2 is 1.81 bits per heavy atom. The zero-order chi connectivity index (χ0) is 22.2. The summed E-state index contributed by atoms with van der Waals surface area (Å²) in [5.41, 5.74) is 5.88. The maximum Gasteiger partial charge on any atom is 0.191 e. The molecular formula is C25H34IN5O. The van der Waals surface area contributed by atoms with Crippen LogP contribution in [-0.4, -0.2) is 28.8 Å². The first-order chi connectivity index (χ1) is 15.0. The number of ether oxygens (including phenoxy) is 1. The summed E-state index contributed by atoms with van der Waals surface area (Å²) < 4.78 is 7.88. The van der Waals surface area contributed by atoms with Crippen molar-refractivity contribution >= 4 is 29.9 Å². The molecule has 0 amide bonds. The van der Waals surface area contributed by atoms with Gasteiger partial charge in [0, 0.05) is 32.4 Å². The summed E-state index contributed by atoms with van der Waals surface area (Å²) >= 11 is 0. The van der Waals surface area contributed by atoms with Crippen LogP contribution >= 0.6 is 24.0 Å². The molecule has 2 aromatic carbocycles. The lowest BCUT2D eigenvalue weighted by Gasteiger charge is -2.18. The van der Waals surface area contributed by atoms with Crippen LogP contribution in [0.1, 0.15) is 35.0 Å². The van der Waals surface area contributed by atoms with E-state index in [4.69, 9.17) is 4.74 Å². The third kappa shape index (κ3) is 7.25. The van der Waals surface area contributed by atoms with Crippen LogP contribution in [0.4, 0.5) is 0 Å². The fourth-order valence-electron chi connectivity index (χ4n) is 3.57. The standard InChI is InChI=1S/C25H33N5O.HI/c1-18(14-24-19(2)29-30(5)20(24)3)28-25(26-4)27-16-22-12-9-13-23(15-22)31-17-21-10-7-6-8-11-21;/h6-13,15,18H,14,16-17H2,1-5H3,(H2,26,27,28);1H. The Morgan fingerprint density at radius 3 is 2.47 bits per heavy atom. The van der Waals surface area contributed by atoms with Gasteiger partial charge in [-0.1, -0.05) is 42.5 Å². The Labute approximate surface area is 208 Å². The summed E-state index contributed by atoms with van der Waals surface area (Å²) in [5, 5.41) is 11.4. The number of aromatic nitrogens is 2. The van der Waals surface area contributed by atoms with Crippen molar-refractivity contribution in [2.45, 2.75) is 46.4 Å². The molecular weight excluding hydrogens is 513 g/mol. The molecule has 0 radical (unpaired) electrons. The van der Waals surface area contributed by atoms with Gasteiger partial charge in [-0.15, -0.1) is 24.0 Å². The maximum absolute atomic E-state index is 5.94. The van der Waals surface area contributed by atoms with Crippen molar-refractivity contribution in [2.24, 2.45) is 12.0 Å². The zero-order valence-corrected chi connectivity index (χ0v) is 21.9. The lowest BCUT2D eigenvalue weighted by atomic mass is 10.1. The molecule has 6 nitrogen and oxygen atoms in total. The number of aryl methyl sites for hydroxylation is 2. The van der Waals surface area contributed by atoms with E-state index in [0.717, 1.165) is 35.0 Å². The predicted octanol–water partition coefficient (Wildman–Crippen LogP) is 4.53. The first kappa shape index (κ1) is 25.7.